The van der Waals surface area contributed by atoms with Crippen molar-refractivity contribution in [3.8, 4) is 11.1 Å². The van der Waals surface area contributed by atoms with Crippen LogP contribution < -0.4 is 5.73 Å². The number of fused-ring (bicyclic) bond motifs is 3. The molecule has 0 saturated carbocycles. The lowest BCUT2D eigenvalue weighted by molar-refractivity contribution is 0.0787. The Balaban J connectivity index is 1.91. The van der Waals surface area contributed by atoms with Crippen LogP contribution in [-0.4, -0.2) is 20.7 Å². The highest BCUT2D eigenvalue weighted by Crippen LogP contribution is 2.39. The lowest BCUT2D eigenvalue weighted by Gasteiger charge is -2.18. The molecule has 0 aliphatic rings. The van der Waals surface area contributed by atoms with Crippen molar-refractivity contribution < 1.29 is 14.4 Å². The molecule has 2 heterocycles. The van der Waals surface area contributed by atoms with Crippen LogP contribution >= 0.6 is 0 Å². The minimum Gasteiger partial charge on any atom is -0.386 e. The van der Waals surface area contributed by atoms with Crippen LogP contribution in [0.2, 0.25) is 0 Å². The number of carbonyl (C=O) groups excluding carboxylic acids is 1. The van der Waals surface area contributed by atoms with E-state index in [0.29, 0.717) is 17.9 Å². The summed E-state index contributed by atoms with van der Waals surface area (Å²) in [7, 11) is 0. The molecule has 0 aliphatic heterocycles. The smallest absolute Gasteiger partial charge is 0.249 e. The van der Waals surface area contributed by atoms with Gasteiger partial charge in [0.2, 0.25) is 5.91 Å². The lowest BCUT2D eigenvalue weighted by Crippen LogP contribution is -2.15. The van der Waals surface area contributed by atoms with Crippen molar-refractivity contribution in [2.45, 2.75) is 39.8 Å². The Bertz CT molecular complexity index is 1530. The highest BCUT2D eigenvalue weighted by molar-refractivity contribution is 6.19. The van der Waals surface area contributed by atoms with Crippen LogP contribution in [0, 0.1) is 13.8 Å². The quantitative estimate of drug-likeness (QED) is 0.370. The number of carbonyl (C=O) groups is 1. The van der Waals surface area contributed by atoms with Crippen molar-refractivity contribution in [2.75, 3.05) is 0 Å². The molecule has 5 aromatic rings. The van der Waals surface area contributed by atoms with Crippen LogP contribution in [0.25, 0.3) is 32.9 Å². The molecule has 0 spiro atoms. The monoisotopic (exact) mass is 453 g/mol. The zero-order valence-electron chi connectivity index (χ0n) is 19.7. The summed E-state index contributed by atoms with van der Waals surface area (Å²) in [5, 5.41) is 16.4. The zero-order valence-corrected chi connectivity index (χ0v) is 19.7. The molecule has 0 aliphatic carbocycles. The first kappa shape index (κ1) is 21.9. The molecule has 0 unspecified atom stereocenters. The molecule has 172 valence electrons. The van der Waals surface area contributed by atoms with E-state index >= 15 is 0 Å². The first-order chi connectivity index (χ1) is 16.1. The van der Waals surface area contributed by atoms with Crippen LogP contribution in [0.1, 0.15) is 46.8 Å². The summed E-state index contributed by atoms with van der Waals surface area (Å²) in [5.74, 6) is 0.174. The van der Waals surface area contributed by atoms with E-state index in [4.69, 9.17) is 10.3 Å². The van der Waals surface area contributed by atoms with Gasteiger partial charge in [0.15, 0.2) is 0 Å². The highest BCUT2D eigenvalue weighted by Gasteiger charge is 2.23. The number of nitrogens with zero attached hydrogens (tertiary/aromatic N) is 2. The second-order valence-electron chi connectivity index (χ2n) is 9.34. The van der Waals surface area contributed by atoms with Crippen molar-refractivity contribution in [2.24, 2.45) is 5.73 Å². The summed E-state index contributed by atoms with van der Waals surface area (Å²) >= 11 is 0. The highest BCUT2D eigenvalue weighted by atomic mass is 16.5. The van der Waals surface area contributed by atoms with Crippen molar-refractivity contribution >= 4 is 27.7 Å². The van der Waals surface area contributed by atoms with Crippen molar-refractivity contribution in [3.63, 3.8) is 0 Å². The predicted octanol–water partition coefficient (Wildman–Crippen LogP) is 5.44. The number of rotatable bonds is 5. The number of amides is 1. The first-order valence-electron chi connectivity index (χ1n) is 11.2. The number of nitrogens with two attached hydrogens (primary N) is 1. The van der Waals surface area contributed by atoms with Gasteiger partial charge in [-0.15, -0.1) is 0 Å². The van der Waals surface area contributed by atoms with E-state index < -0.39 is 11.5 Å². The molecular formula is C28H27N3O3. The lowest BCUT2D eigenvalue weighted by atomic mass is 9.94. The predicted molar refractivity (Wildman–Crippen MR) is 134 cm³/mol. The summed E-state index contributed by atoms with van der Waals surface area (Å²) in [4.78, 5) is 12.7. The van der Waals surface area contributed by atoms with E-state index in [2.05, 4.69) is 27.9 Å². The molecule has 0 fully saturated rings. The molecule has 0 bridgehead atoms. The SMILES string of the molecule is Cc1noc(C)c1-c1cc(C(N)=O)c2c3cc(C(C)(C)O)ccc3n(Cc3ccccc3)c2c1. The van der Waals surface area contributed by atoms with Gasteiger partial charge in [-0.3, -0.25) is 4.79 Å². The Morgan fingerprint density at radius 2 is 1.79 bits per heavy atom. The maximum Gasteiger partial charge on any atom is 0.249 e. The zero-order chi connectivity index (χ0) is 24.2. The molecule has 5 rings (SSSR count). The molecule has 2 aromatic heterocycles. The van der Waals surface area contributed by atoms with E-state index in [0.717, 1.165) is 49.8 Å². The van der Waals surface area contributed by atoms with E-state index in [1.165, 1.54) is 0 Å². The van der Waals surface area contributed by atoms with Crippen molar-refractivity contribution in [1.82, 2.24) is 9.72 Å². The van der Waals surface area contributed by atoms with E-state index in [-0.39, 0.29) is 0 Å². The van der Waals surface area contributed by atoms with Crippen LogP contribution in [0.5, 0.6) is 0 Å². The largest absolute Gasteiger partial charge is 0.386 e. The minimum atomic E-state index is -1.02. The molecule has 34 heavy (non-hydrogen) atoms. The van der Waals surface area contributed by atoms with E-state index in [9.17, 15) is 9.90 Å². The minimum absolute atomic E-state index is 0.428. The molecule has 0 saturated heterocycles. The first-order valence-corrected chi connectivity index (χ1v) is 11.2. The third kappa shape index (κ3) is 3.56. The number of aromatic nitrogens is 2. The van der Waals surface area contributed by atoms with Crippen molar-refractivity contribution in [1.29, 1.82) is 0 Å². The average molecular weight is 454 g/mol. The number of aliphatic hydroxyl groups is 1. The Morgan fingerprint density at radius 3 is 2.41 bits per heavy atom. The van der Waals surface area contributed by atoms with Gasteiger partial charge in [0.05, 0.1) is 16.8 Å². The van der Waals surface area contributed by atoms with Crippen LogP contribution in [0.4, 0.5) is 0 Å². The number of hydrogen-bond donors (Lipinski definition) is 2. The van der Waals surface area contributed by atoms with Gasteiger partial charge in [-0.25, -0.2) is 0 Å². The molecule has 0 atom stereocenters. The molecular weight excluding hydrogens is 426 g/mol. The van der Waals surface area contributed by atoms with E-state index in [1.54, 1.807) is 13.8 Å². The van der Waals surface area contributed by atoms with E-state index in [1.807, 2.05) is 56.3 Å². The summed E-state index contributed by atoms with van der Waals surface area (Å²) in [6, 6.07) is 20.0. The van der Waals surface area contributed by atoms with Crippen LogP contribution in [0.3, 0.4) is 0 Å². The molecule has 3 N–H and O–H groups in total. The molecule has 3 aromatic carbocycles. The number of benzene rings is 3. The summed E-state index contributed by atoms with van der Waals surface area (Å²) in [6.07, 6.45) is 0. The van der Waals surface area contributed by atoms with Gasteiger partial charge in [0.1, 0.15) is 5.76 Å². The van der Waals surface area contributed by atoms with Crippen LogP contribution in [0.15, 0.2) is 65.2 Å². The third-order valence-corrected chi connectivity index (χ3v) is 6.44. The topological polar surface area (TPSA) is 94.3 Å². The molecule has 6 heteroatoms. The van der Waals surface area contributed by atoms with Gasteiger partial charge < -0.3 is 19.9 Å². The third-order valence-electron chi connectivity index (χ3n) is 6.44. The standard InChI is InChI=1S/C28H27N3O3/c1-16-25(17(2)34-30-16)19-12-22(27(29)32)26-21-14-20(28(3,4)33)10-11-23(21)31(24(26)13-19)15-18-8-6-5-7-9-18/h5-14,33H,15H2,1-4H3,(H2,29,32). The fraction of sp³-hybridized carbons (Fsp3) is 0.214. The fourth-order valence-corrected chi connectivity index (χ4v) is 4.77. The second-order valence-corrected chi connectivity index (χ2v) is 9.34. The fourth-order valence-electron chi connectivity index (χ4n) is 4.77. The Kier molecular flexibility index (Phi) is 5.06. The maximum absolute atomic E-state index is 12.7. The Labute approximate surface area is 197 Å². The van der Waals surface area contributed by atoms with Gasteiger partial charge in [-0.05, 0) is 68.7 Å². The summed E-state index contributed by atoms with van der Waals surface area (Å²) in [6.45, 7) is 7.86. The molecule has 1 amide bonds. The molecule has 6 nitrogen and oxygen atoms in total. The normalized spacial score (nSPS) is 12.0. The maximum atomic E-state index is 12.7. The van der Waals surface area contributed by atoms with Gasteiger partial charge in [-0.1, -0.05) is 41.6 Å². The number of aryl methyl sites for hydroxylation is 2. The number of primary amides is 1. The molecule has 0 radical (unpaired) electrons. The Hall–Kier alpha value is -3.90. The van der Waals surface area contributed by atoms with Gasteiger partial charge in [-0.2, -0.15) is 0 Å². The number of hydrogen-bond acceptors (Lipinski definition) is 4. The Morgan fingerprint density at radius 1 is 1.06 bits per heavy atom. The van der Waals surface area contributed by atoms with Gasteiger partial charge in [0, 0.05) is 34.0 Å². The van der Waals surface area contributed by atoms with Gasteiger partial charge >= 0.3 is 0 Å². The van der Waals surface area contributed by atoms with Crippen molar-refractivity contribution in [3.05, 3.63) is 88.8 Å². The summed E-state index contributed by atoms with van der Waals surface area (Å²) in [5.41, 5.74) is 11.5. The average Bonchev–Trinajstić information content (AvgIpc) is 3.29. The van der Waals surface area contributed by atoms with Crippen LogP contribution in [-0.2, 0) is 12.1 Å². The van der Waals surface area contributed by atoms with Gasteiger partial charge in [0.25, 0.3) is 0 Å². The second kappa shape index (κ2) is 7.85. The summed E-state index contributed by atoms with van der Waals surface area (Å²) < 4.78 is 7.60.